The Hall–Kier alpha value is -3.40. The van der Waals surface area contributed by atoms with Crippen molar-refractivity contribution >= 4 is 46.2 Å². The van der Waals surface area contributed by atoms with E-state index in [1.165, 1.54) is 6.07 Å². The van der Waals surface area contributed by atoms with Gasteiger partial charge in [-0.1, -0.05) is 55.5 Å². The Kier molecular flexibility index (Phi) is 7.70. The van der Waals surface area contributed by atoms with Crippen LogP contribution in [0, 0.1) is 3.57 Å². The van der Waals surface area contributed by atoms with Crippen LogP contribution < -0.4 is 10.6 Å². The Labute approximate surface area is 217 Å². The van der Waals surface area contributed by atoms with E-state index in [0.29, 0.717) is 6.42 Å². The van der Waals surface area contributed by atoms with Crippen LogP contribution in [0.15, 0.2) is 66.7 Å². The van der Waals surface area contributed by atoms with E-state index in [-0.39, 0.29) is 36.1 Å². The van der Waals surface area contributed by atoms with Gasteiger partial charge in [0.05, 0.1) is 11.3 Å². The predicted molar refractivity (Wildman–Crippen MR) is 142 cm³/mol. The summed E-state index contributed by atoms with van der Waals surface area (Å²) >= 11 is 2.01. The fourth-order valence-electron chi connectivity index (χ4n) is 4.33. The van der Waals surface area contributed by atoms with E-state index in [9.17, 15) is 19.5 Å². The van der Waals surface area contributed by atoms with E-state index in [1.807, 2.05) is 53.8 Å². The molecule has 0 heterocycles. The van der Waals surface area contributed by atoms with Crippen molar-refractivity contribution in [2.24, 2.45) is 0 Å². The quantitative estimate of drug-likeness (QED) is 0.298. The Bertz CT molecular complexity index is 1230. The Morgan fingerprint density at radius 3 is 2.23 bits per heavy atom. The lowest BCUT2D eigenvalue weighted by Gasteiger charge is -2.19. The average molecular weight is 584 g/mol. The largest absolute Gasteiger partial charge is 0.478 e. The van der Waals surface area contributed by atoms with Crippen LogP contribution >= 0.6 is 22.6 Å². The summed E-state index contributed by atoms with van der Waals surface area (Å²) in [5, 5.41) is 14.8. The summed E-state index contributed by atoms with van der Waals surface area (Å²) in [6, 6.07) is 20.5. The number of carbonyl (C=O) groups is 3. The number of ether oxygens (including phenoxy) is 1. The third kappa shape index (κ3) is 5.64. The molecule has 0 spiro atoms. The smallest absolute Gasteiger partial charge is 0.407 e. The summed E-state index contributed by atoms with van der Waals surface area (Å²) in [6.45, 7) is 2.04. The molecule has 0 saturated carbocycles. The second kappa shape index (κ2) is 10.9. The molecule has 3 aromatic carbocycles. The highest BCUT2D eigenvalue weighted by molar-refractivity contribution is 14.1. The zero-order chi connectivity index (χ0) is 24.9. The molecule has 2 amide bonds. The molecular formula is C27H25IN2O5. The van der Waals surface area contributed by atoms with E-state index in [2.05, 4.69) is 34.9 Å². The molecule has 3 aromatic rings. The summed E-state index contributed by atoms with van der Waals surface area (Å²) in [4.78, 5) is 36.6. The monoisotopic (exact) mass is 584 g/mol. The number of fused-ring (bicyclic) bond motifs is 3. The minimum Gasteiger partial charge on any atom is -0.478 e. The molecule has 1 atom stereocenters. The number of amides is 2. The van der Waals surface area contributed by atoms with Gasteiger partial charge in [-0.05, 0) is 69.5 Å². The molecule has 0 fully saturated rings. The number of carbonyl (C=O) groups excluding carboxylic acids is 2. The summed E-state index contributed by atoms with van der Waals surface area (Å²) < 4.78 is 6.33. The van der Waals surface area contributed by atoms with E-state index in [4.69, 9.17) is 4.74 Å². The highest BCUT2D eigenvalue weighted by atomic mass is 127. The maximum atomic E-state index is 12.6. The van der Waals surface area contributed by atoms with Gasteiger partial charge >= 0.3 is 12.1 Å². The molecule has 0 aliphatic heterocycles. The van der Waals surface area contributed by atoms with Gasteiger partial charge in [-0.25, -0.2) is 9.59 Å². The molecular weight excluding hydrogens is 559 g/mol. The first-order valence-corrected chi connectivity index (χ1v) is 12.4. The molecule has 1 aliphatic rings. The van der Waals surface area contributed by atoms with Gasteiger partial charge in [-0.15, -0.1) is 0 Å². The molecule has 0 bridgehead atoms. The molecule has 0 saturated heterocycles. The van der Waals surface area contributed by atoms with Gasteiger partial charge < -0.3 is 20.5 Å². The number of carboxylic acid groups (broad SMARTS) is 1. The van der Waals surface area contributed by atoms with Gasteiger partial charge in [-0.3, -0.25) is 4.79 Å². The van der Waals surface area contributed by atoms with Gasteiger partial charge in [0.25, 0.3) is 0 Å². The lowest BCUT2D eigenvalue weighted by Crippen LogP contribution is -2.38. The molecule has 180 valence electrons. The first-order valence-electron chi connectivity index (χ1n) is 11.3. The zero-order valence-electron chi connectivity index (χ0n) is 19.1. The van der Waals surface area contributed by atoms with Crippen LogP contribution in [0.4, 0.5) is 10.5 Å². The van der Waals surface area contributed by atoms with Crippen LogP contribution in [0.5, 0.6) is 0 Å². The van der Waals surface area contributed by atoms with Crippen LogP contribution in [-0.4, -0.2) is 35.7 Å². The highest BCUT2D eigenvalue weighted by Crippen LogP contribution is 2.44. The van der Waals surface area contributed by atoms with Crippen LogP contribution in [-0.2, 0) is 9.53 Å². The van der Waals surface area contributed by atoms with Crippen molar-refractivity contribution in [2.45, 2.75) is 31.7 Å². The normalized spacial score (nSPS) is 12.9. The highest BCUT2D eigenvalue weighted by Gasteiger charge is 2.29. The number of halogens is 1. The second-order valence-electron chi connectivity index (χ2n) is 8.32. The summed E-state index contributed by atoms with van der Waals surface area (Å²) in [5.41, 5.74) is 4.79. The van der Waals surface area contributed by atoms with Crippen LogP contribution in [0.25, 0.3) is 11.1 Å². The van der Waals surface area contributed by atoms with Crippen molar-refractivity contribution in [3.8, 4) is 11.1 Å². The number of nitrogens with one attached hydrogen (secondary N) is 2. The van der Waals surface area contributed by atoms with Crippen LogP contribution in [0.2, 0.25) is 0 Å². The van der Waals surface area contributed by atoms with Crippen molar-refractivity contribution in [3.05, 3.63) is 87.0 Å². The van der Waals surface area contributed by atoms with Gasteiger partial charge in [0.15, 0.2) is 0 Å². The van der Waals surface area contributed by atoms with Gasteiger partial charge in [0.2, 0.25) is 5.91 Å². The standard InChI is InChI=1S/C27H25IN2O5/c1-2-17(14-25(31)30-24-12-11-16(28)13-22(24)26(32)33)29-27(34)35-15-23-20-9-5-3-7-18(20)19-8-4-6-10-21(19)23/h3-13,17,23H,2,14-15H2,1H3,(H,29,34)(H,30,31)(H,32,33)/t17-/m0/s1. The third-order valence-corrected chi connectivity index (χ3v) is 6.75. The number of carboxylic acids is 1. The lowest BCUT2D eigenvalue weighted by molar-refractivity contribution is -0.116. The third-order valence-electron chi connectivity index (χ3n) is 6.08. The zero-order valence-corrected chi connectivity index (χ0v) is 21.2. The molecule has 0 aromatic heterocycles. The van der Waals surface area contributed by atoms with Crippen molar-refractivity contribution in [1.82, 2.24) is 5.32 Å². The van der Waals surface area contributed by atoms with Crippen LogP contribution in [0.1, 0.15) is 47.2 Å². The van der Waals surface area contributed by atoms with E-state index >= 15 is 0 Å². The molecule has 1 aliphatic carbocycles. The molecule has 0 radical (unpaired) electrons. The Morgan fingerprint density at radius 2 is 1.63 bits per heavy atom. The fraction of sp³-hybridized carbons (Fsp3) is 0.222. The van der Waals surface area contributed by atoms with Crippen molar-refractivity contribution in [2.75, 3.05) is 11.9 Å². The van der Waals surface area contributed by atoms with Crippen LogP contribution in [0.3, 0.4) is 0 Å². The molecule has 7 nitrogen and oxygen atoms in total. The van der Waals surface area contributed by atoms with Gasteiger partial charge in [-0.2, -0.15) is 0 Å². The number of hydrogen-bond donors (Lipinski definition) is 3. The molecule has 4 rings (SSSR count). The lowest BCUT2D eigenvalue weighted by atomic mass is 9.98. The van der Waals surface area contributed by atoms with Gasteiger partial charge in [0.1, 0.15) is 6.61 Å². The number of aromatic carboxylic acids is 1. The van der Waals surface area contributed by atoms with Crippen molar-refractivity contribution in [3.63, 3.8) is 0 Å². The first-order chi connectivity index (χ1) is 16.9. The number of anilines is 1. The Balaban J connectivity index is 1.35. The van der Waals surface area contributed by atoms with E-state index in [1.54, 1.807) is 12.1 Å². The van der Waals surface area contributed by atoms with E-state index in [0.717, 1.165) is 25.8 Å². The van der Waals surface area contributed by atoms with Crippen molar-refractivity contribution in [1.29, 1.82) is 0 Å². The summed E-state index contributed by atoms with van der Waals surface area (Å²) in [6.07, 6.45) is -0.0889. The number of rotatable bonds is 8. The fourth-order valence-corrected chi connectivity index (χ4v) is 4.82. The minimum atomic E-state index is -1.12. The predicted octanol–water partition coefficient (Wildman–Crippen LogP) is 5.64. The second-order valence-corrected chi connectivity index (χ2v) is 9.57. The SMILES string of the molecule is CC[C@@H](CC(=O)Nc1ccc(I)cc1C(=O)O)NC(=O)OCC1c2ccccc2-c2ccccc21. The van der Waals surface area contributed by atoms with Gasteiger partial charge in [0, 0.05) is 22.0 Å². The maximum Gasteiger partial charge on any atom is 0.407 e. The number of alkyl carbamates (subject to hydrolysis) is 1. The molecule has 35 heavy (non-hydrogen) atoms. The topological polar surface area (TPSA) is 105 Å². The minimum absolute atomic E-state index is 0.00819. The average Bonchev–Trinajstić information content (AvgIpc) is 3.17. The first kappa shape index (κ1) is 24.7. The molecule has 8 heteroatoms. The summed E-state index contributed by atoms with van der Waals surface area (Å²) in [7, 11) is 0. The summed E-state index contributed by atoms with van der Waals surface area (Å²) in [5.74, 6) is -1.56. The maximum absolute atomic E-state index is 12.6. The number of benzene rings is 3. The van der Waals surface area contributed by atoms with Crippen molar-refractivity contribution < 1.29 is 24.2 Å². The Morgan fingerprint density at radius 1 is 1.00 bits per heavy atom. The molecule has 0 unspecified atom stereocenters. The number of hydrogen-bond acceptors (Lipinski definition) is 4. The van der Waals surface area contributed by atoms with E-state index < -0.39 is 18.1 Å². The molecule has 3 N–H and O–H groups in total.